The average molecular weight is 639 g/mol. The van der Waals surface area contributed by atoms with E-state index in [1.165, 1.54) is 41.4 Å². The number of pyridine rings is 1. The van der Waals surface area contributed by atoms with Crippen LogP contribution in [0.15, 0.2) is 30.5 Å². The van der Waals surface area contributed by atoms with Gasteiger partial charge >= 0.3 is 0 Å². The van der Waals surface area contributed by atoms with E-state index in [2.05, 4.69) is 111 Å². The molecule has 0 N–H and O–H groups in total. The van der Waals surface area contributed by atoms with Gasteiger partial charge in [-0.2, -0.15) is 0 Å². The molecule has 2 aromatic rings. The summed E-state index contributed by atoms with van der Waals surface area (Å²) in [5, 5.41) is 6.59. The Bertz CT molecular complexity index is 1020. The molecule has 1 saturated carbocycles. The van der Waals surface area contributed by atoms with Crippen LogP contribution in [0.5, 0.6) is 5.75 Å². The molecule has 1 aliphatic rings. The summed E-state index contributed by atoms with van der Waals surface area (Å²) in [7, 11) is 6.76. The van der Waals surface area contributed by atoms with E-state index in [1.54, 1.807) is 0 Å². The van der Waals surface area contributed by atoms with Gasteiger partial charge in [0, 0.05) is 59.9 Å². The van der Waals surface area contributed by atoms with Gasteiger partial charge in [0.1, 0.15) is 5.75 Å². The number of benzene rings is 1. The molecule has 1 fully saturated rings. The van der Waals surface area contributed by atoms with Crippen molar-refractivity contribution >= 4 is 39.9 Å². The predicted molar refractivity (Wildman–Crippen MR) is 175 cm³/mol. The maximum atomic E-state index is 7.75. The fourth-order valence-corrected chi connectivity index (χ4v) is 7.10. The van der Waals surface area contributed by atoms with Crippen LogP contribution in [0.2, 0.25) is 0 Å². The van der Waals surface area contributed by atoms with Crippen LogP contribution in [0.3, 0.4) is 0 Å². The number of aromatic nitrogens is 1. The monoisotopic (exact) mass is 638 g/mol. The van der Waals surface area contributed by atoms with Crippen LogP contribution in [0.1, 0.15) is 84.5 Å². The van der Waals surface area contributed by atoms with E-state index in [1.807, 2.05) is 19.4 Å². The van der Waals surface area contributed by atoms with Gasteiger partial charge in [-0.05, 0) is 52.5 Å². The molecule has 3 rings (SSSR count). The number of hydrogen-bond donors (Lipinski definition) is 0. The Hall–Kier alpha value is -2.11. The Labute approximate surface area is 267 Å². The molecule has 1 aliphatic carbocycles. The second-order valence-corrected chi connectivity index (χ2v) is 14.0. The maximum Gasteiger partial charge on any atom is 0.126 e. The average Bonchev–Trinajstić information content (AvgIpc) is 3.42. The van der Waals surface area contributed by atoms with Crippen molar-refractivity contribution in [2.75, 3.05) is 26.1 Å². The van der Waals surface area contributed by atoms with Crippen molar-refractivity contribution in [3.05, 3.63) is 52.6 Å². The molecule has 1 radical (unpaired) electrons. The first-order chi connectivity index (χ1) is 19.3. The molecule has 0 spiro atoms. The second-order valence-electron chi connectivity index (χ2n) is 12.4. The van der Waals surface area contributed by atoms with E-state index >= 15 is 0 Å². The van der Waals surface area contributed by atoms with Gasteiger partial charge in [0.15, 0.2) is 0 Å². The van der Waals surface area contributed by atoms with Crippen molar-refractivity contribution < 1.29 is 36.2 Å². The Kier molecular flexibility index (Phi) is 20.0. The number of rotatable bonds is 8. The molecule has 0 amide bonds. The van der Waals surface area contributed by atoms with Gasteiger partial charge in [-0.3, -0.25) is 25.4 Å². The molecule has 0 aliphatic heterocycles. The molecule has 3 unspecified atom stereocenters. The number of ether oxygens (including phenoxy) is 1. The fraction of sp³-hybridized carbons (Fsp3) is 0.576. The van der Waals surface area contributed by atoms with Gasteiger partial charge in [-0.1, -0.05) is 75.8 Å². The minimum absolute atomic E-state index is 0. The van der Waals surface area contributed by atoms with Crippen molar-refractivity contribution in [3.8, 4) is 5.75 Å². The van der Waals surface area contributed by atoms with E-state index < -0.39 is 0 Å². The fourth-order valence-electron chi connectivity index (χ4n) is 5.21. The molecule has 237 valence electrons. The molecule has 0 bridgehead atoms. The Balaban J connectivity index is 0. The third-order valence-electron chi connectivity index (χ3n) is 7.31. The summed E-state index contributed by atoms with van der Waals surface area (Å²) in [4.78, 5) is 29.9. The summed E-state index contributed by atoms with van der Waals surface area (Å²) in [6, 6.07) is 9.42. The first-order valence-electron chi connectivity index (χ1n) is 13.8. The van der Waals surface area contributed by atoms with E-state index in [-0.39, 0.29) is 27.9 Å². The number of nitrogens with zero attached hydrogens (tertiary/aromatic N) is 3. The van der Waals surface area contributed by atoms with Crippen LogP contribution in [0.25, 0.3) is 5.32 Å². The van der Waals surface area contributed by atoms with Crippen LogP contribution in [0, 0.1) is 5.92 Å². The summed E-state index contributed by atoms with van der Waals surface area (Å²) in [6.45, 7) is 26.5. The van der Waals surface area contributed by atoms with Crippen LogP contribution in [-0.2, 0) is 48.8 Å². The number of hydrogen-bond acceptors (Lipinski definition) is 6. The number of anilines is 1. The molecule has 1 aromatic heterocycles. The SMILES string of the molecule is COc1c(C(C)(C)C)cc(PC2CCCC2[C@H](C)[N-]Cc2cc(N(C)C)ccn2)cc1C(C)(C)C.[CH-]=O.[CH-]=O.[CH-]=O.[Mn]. The summed E-state index contributed by atoms with van der Waals surface area (Å²) in [6.07, 6.45) is 5.79. The molecule has 0 saturated heterocycles. The topological polar surface area (TPSA) is 90.7 Å². The maximum absolute atomic E-state index is 7.75. The Morgan fingerprint density at radius 1 is 0.976 bits per heavy atom. The first-order valence-corrected chi connectivity index (χ1v) is 14.9. The zero-order chi connectivity index (χ0) is 32.0. The quantitative estimate of drug-likeness (QED) is 0.145. The van der Waals surface area contributed by atoms with E-state index in [4.69, 9.17) is 24.4 Å². The molecular weight excluding hydrogens is 588 g/mol. The van der Waals surface area contributed by atoms with Gasteiger partial charge in [0.25, 0.3) is 0 Å². The van der Waals surface area contributed by atoms with Crippen LogP contribution in [-0.4, -0.2) is 58.3 Å². The summed E-state index contributed by atoms with van der Waals surface area (Å²) in [5.74, 6) is 1.71. The van der Waals surface area contributed by atoms with Gasteiger partial charge in [0.2, 0.25) is 0 Å². The van der Waals surface area contributed by atoms with Crippen molar-refractivity contribution in [1.82, 2.24) is 4.98 Å². The molecule has 1 aromatic carbocycles. The van der Waals surface area contributed by atoms with E-state index in [0.29, 0.717) is 24.2 Å². The van der Waals surface area contributed by atoms with Crippen LogP contribution in [0.4, 0.5) is 5.69 Å². The summed E-state index contributed by atoms with van der Waals surface area (Å²) >= 11 is 0. The van der Waals surface area contributed by atoms with Gasteiger partial charge in [-0.15, -0.1) is 12.6 Å². The smallest absolute Gasteiger partial charge is 0.126 e. The summed E-state index contributed by atoms with van der Waals surface area (Å²) < 4.78 is 5.99. The van der Waals surface area contributed by atoms with Crippen LogP contribution < -0.4 is 14.9 Å². The number of carbonyl (C=O) groups excluding carboxylic acids is 3. The zero-order valence-corrected chi connectivity index (χ0v) is 29.2. The summed E-state index contributed by atoms with van der Waals surface area (Å²) in [5.41, 5.74) is 5.67. The van der Waals surface area contributed by atoms with Gasteiger partial charge in [0.05, 0.1) is 7.11 Å². The Morgan fingerprint density at radius 2 is 1.50 bits per heavy atom. The minimum atomic E-state index is 0. The second kappa shape index (κ2) is 20.0. The van der Waals surface area contributed by atoms with Crippen molar-refractivity contribution in [3.63, 3.8) is 0 Å². The van der Waals surface area contributed by atoms with Gasteiger partial charge in [-0.25, -0.2) is 0 Å². The normalized spacial score (nSPS) is 16.9. The predicted octanol–water partition coefficient (Wildman–Crippen LogP) is 6.36. The zero-order valence-electron chi connectivity index (χ0n) is 27.0. The molecule has 7 nitrogen and oxygen atoms in total. The number of methoxy groups -OCH3 is 1. The van der Waals surface area contributed by atoms with Gasteiger partial charge < -0.3 is 29.3 Å². The van der Waals surface area contributed by atoms with Crippen molar-refractivity contribution in [1.29, 1.82) is 0 Å². The molecule has 42 heavy (non-hydrogen) atoms. The van der Waals surface area contributed by atoms with Crippen molar-refractivity contribution in [2.24, 2.45) is 5.92 Å². The van der Waals surface area contributed by atoms with E-state index in [9.17, 15) is 0 Å². The molecule has 9 heteroatoms. The Morgan fingerprint density at radius 3 is 1.95 bits per heavy atom. The van der Waals surface area contributed by atoms with E-state index in [0.717, 1.165) is 20.0 Å². The standard InChI is InChI=1S/C30H47N3OP.3CHO.Mn/c1-20(32-19-21-16-22(33(8)9)14-15-31-21)24-12-11-13-27(24)35-23-17-25(29(2,3)4)28(34-10)26(18-23)30(5,6)7;3*1-2;/h14-18,20,24,27,35H,11-13,19H2,1-10H3;3*1H;/q4*-1;/t20-,24?,27?;;;;/m0..../s1. The largest absolute Gasteiger partial charge is 0.654 e. The van der Waals surface area contributed by atoms with Crippen molar-refractivity contribution in [2.45, 2.75) is 96.8 Å². The molecule has 4 atom stereocenters. The third-order valence-corrected chi connectivity index (χ3v) is 9.02. The molecule has 1 heterocycles. The third kappa shape index (κ3) is 12.2. The minimum Gasteiger partial charge on any atom is -0.654 e. The molecular formula is C33H50MnN3O4P-4. The van der Waals surface area contributed by atoms with Crippen LogP contribution >= 0.6 is 8.58 Å². The first kappa shape index (κ1) is 42.0.